The van der Waals surface area contributed by atoms with Gasteiger partial charge < -0.3 is 19.5 Å². The minimum Gasteiger partial charge on any atom is -0.493 e. The van der Waals surface area contributed by atoms with E-state index in [1.807, 2.05) is 12.1 Å². The lowest BCUT2D eigenvalue weighted by molar-refractivity contribution is -0.145. The highest BCUT2D eigenvalue weighted by Gasteiger charge is 2.16. The van der Waals surface area contributed by atoms with Crippen molar-refractivity contribution in [3.8, 4) is 17.6 Å². The molecule has 1 N–H and O–H groups in total. The minimum absolute atomic E-state index is 0.131. The third kappa shape index (κ3) is 6.51. The molecule has 0 bridgehead atoms. The minimum atomic E-state index is -0.576. The fourth-order valence-electron chi connectivity index (χ4n) is 2.38. The third-order valence-electron chi connectivity index (χ3n) is 3.65. The normalized spacial score (nSPS) is 10.7. The number of nitrogens with zero attached hydrogens (tertiary/aromatic N) is 1. The molecular weight excluding hydrogens is 476 g/mol. The monoisotopic (exact) mass is 492 g/mol. The molecular formula is C21H18BrClN2O5. The van der Waals surface area contributed by atoms with E-state index in [0.717, 1.165) is 4.47 Å². The largest absolute Gasteiger partial charge is 0.493 e. The molecule has 0 spiro atoms. The summed E-state index contributed by atoms with van der Waals surface area (Å²) in [7, 11) is 1.40. The zero-order valence-corrected chi connectivity index (χ0v) is 18.5. The van der Waals surface area contributed by atoms with Crippen LogP contribution in [0.25, 0.3) is 6.08 Å². The van der Waals surface area contributed by atoms with E-state index in [1.54, 1.807) is 25.1 Å². The van der Waals surface area contributed by atoms with Gasteiger partial charge >= 0.3 is 5.97 Å². The first-order valence-corrected chi connectivity index (χ1v) is 9.89. The second-order valence-corrected chi connectivity index (χ2v) is 7.08. The number of methoxy groups -OCH3 is 1. The van der Waals surface area contributed by atoms with Crippen LogP contribution in [0.15, 0.2) is 46.4 Å². The van der Waals surface area contributed by atoms with Crippen LogP contribution >= 0.6 is 27.5 Å². The number of rotatable bonds is 8. The van der Waals surface area contributed by atoms with Gasteiger partial charge in [-0.05, 0) is 48.9 Å². The molecule has 7 nitrogen and oxygen atoms in total. The highest BCUT2D eigenvalue weighted by molar-refractivity contribution is 9.10. The molecule has 0 saturated carbocycles. The van der Waals surface area contributed by atoms with Crippen LogP contribution in [0.2, 0.25) is 5.02 Å². The molecule has 2 aromatic carbocycles. The Kier molecular flexibility index (Phi) is 8.71. The van der Waals surface area contributed by atoms with E-state index in [0.29, 0.717) is 11.3 Å². The second-order valence-electron chi connectivity index (χ2n) is 5.76. The van der Waals surface area contributed by atoms with E-state index in [4.69, 9.17) is 25.8 Å². The number of carbonyl (C=O) groups is 2. The van der Waals surface area contributed by atoms with Gasteiger partial charge in [-0.2, -0.15) is 5.26 Å². The lowest BCUT2D eigenvalue weighted by atomic mass is 10.1. The summed E-state index contributed by atoms with van der Waals surface area (Å²) in [6.45, 7) is 1.58. The van der Waals surface area contributed by atoms with Crippen molar-refractivity contribution in [2.24, 2.45) is 0 Å². The highest BCUT2D eigenvalue weighted by atomic mass is 79.9. The Morgan fingerprint density at radius 2 is 2.07 bits per heavy atom. The molecule has 0 aromatic heterocycles. The Balaban J connectivity index is 2.25. The van der Waals surface area contributed by atoms with Gasteiger partial charge in [-0.3, -0.25) is 4.79 Å². The van der Waals surface area contributed by atoms with Crippen molar-refractivity contribution in [2.75, 3.05) is 25.6 Å². The van der Waals surface area contributed by atoms with Gasteiger partial charge in [0.1, 0.15) is 11.6 Å². The lowest BCUT2D eigenvalue weighted by Crippen LogP contribution is -2.15. The Morgan fingerprint density at radius 3 is 2.70 bits per heavy atom. The molecule has 2 aromatic rings. The van der Waals surface area contributed by atoms with Crippen LogP contribution in [0.3, 0.4) is 0 Å². The quantitative estimate of drug-likeness (QED) is 0.328. The first kappa shape index (κ1) is 23.3. The number of nitrogens with one attached hydrogen (secondary N) is 1. The third-order valence-corrected chi connectivity index (χ3v) is 4.42. The number of anilines is 1. The van der Waals surface area contributed by atoms with Gasteiger partial charge in [0.25, 0.3) is 5.91 Å². The summed E-state index contributed by atoms with van der Waals surface area (Å²) >= 11 is 9.57. The van der Waals surface area contributed by atoms with Crippen LogP contribution in [-0.4, -0.2) is 32.2 Å². The molecule has 0 unspecified atom stereocenters. The molecule has 0 aliphatic rings. The van der Waals surface area contributed by atoms with E-state index in [9.17, 15) is 14.9 Å². The SMILES string of the molecule is CCOC(=O)COc1c(Cl)cc(/C=C(/C#N)C(=O)Nc2cccc(Br)c2)cc1OC. The molecule has 0 heterocycles. The van der Waals surface area contributed by atoms with Crippen LogP contribution in [0.5, 0.6) is 11.5 Å². The number of hydrogen-bond acceptors (Lipinski definition) is 6. The molecule has 0 radical (unpaired) electrons. The van der Waals surface area contributed by atoms with Crippen molar-refractivity contribution in [1.29, 1.82) is 5.26 Å². The topological polar surface area (TPSA) is 97.7 Å². The molecule has 0 saturated heterocycles. The molecule has 9 heteroatoms. The Hall–Kier alpha value is -3.02. The van der Waals surface area contributed by atoms with Gasteiger partial charge in [0.15, 0.2) is 18.1 Å². The fourth-order valence-corrected chi connectivity index (χ4v) is 3.05. The van der Waals surface area contributed by atoms with Gasteiger partial charge in [0.05, 0.1) is 18.7 Å². The molecule has 1 amide bonds. The van der Waals surface area contributed by atoms with Gasteiger partial charge in [0.2, 0.25) is 0 Å². The fraction of sp³-hybridized carbons (Fsp3) is 0.190. The lowest BCUT2D eigenvalue weighted by Gasteiger charge is -2.13. The molecule has 0 aliphatic carbocycles. The smallest absolute Gasteiger partial charge is 0.344 e. The zero-order chi connectivity index (χ0) is 22.1. The Labute approximate surface area is 187 Å². The summed E-state index contributed by atoms with van der Waals surface area (Å²) in [5, 5.41) is 12.2. The summed E-state index contributed by atoms with van der Waals surface area (Å²) in [6.07, 6.45) is 1.37. The Morgan fingerprint density at radius 1 is 1.30 bits per heavy atom. The van der Waals surface area contributed by atoms with Gasteiger partial charge in [-0.25, -0.2) is 4.79 Å². The van der Waals surface area contributed by atoms with Crippen molar-refractivity contribution >= 4 is 51.2 Å². The maximum absolute atomic E-state index is 12.4. The van der Waals surface area contributed by atoms with Gasteiger partial charge in [-0.1, -0.05) is 33.6 Å². The number of ether oxygens (including phenoxy) is 3. The van der Waals surface area contributed by atoms with E-state index in [-0.39, 0.29) is 35.3 Å². The average molecular weight is 494 g/mol. The van der Waals surface area contributed by atoms with Crippen LogP contribution in [-0.2, 0) is 14.3 Å². The summed E-state index contributed by atoms with van der Waals surface area (Å²) in [5.74, 6) is -0.729. The summed E-state index contributed by atoms with van der Waals surface area (Å²) < 4.78 is 16.3. The predicted octanol–water partition coefficient (Wildman–Crippen LogP) is 4.60. The molecule has 0 aliphatic heterocycles. The number of benzene rings is 2. The van der Waals surface area contributed by atoms with Crippen molar-refractivity contribution in [2.45, 2.75) is 6.92 Å². The standard InChI is InChI=1S/C21H18BrClN2O5/c1-3-29-19(26)12-30-20-17(23)8-13(9-18(20)28-2)7-14(11-24)21(27)25-16-6-4-5-15(22)10-16/h4-10H,3,12H2,1-2H3,(H,25,27)/b14-7-. The summed E-state index contributed by atoms with van der Waals surface area (Å²) in [4.78, 5) is 23.9. The summed E-state index contributed by atoms with van der Waals surface area (Å²) in [5.41, 5.74) is 0.850. The van der Waals surface area contributed by atoms with Crippen LogP contribution in [0, 0.1) is 11.3 Å². The maximum atomic E-state index is 12.4. The van der Waals surface area contributed by atoms with E-state index >= 15 is 0 Å². The molecule has 156 valence electrons. The number of hydrogen-bond donors (Lipinski definition) is 1. The van der Waals surface area contributed by atoms with Gasteiger partial charge in [-0.15, -0.1) is 0 Å². The van der Waals surface area contributed by atoms with E-state index in [1.165, 1.54) is 25.3 Å². The van der Waals surface area contributed by atoms with Crippen LogP contribution in [0.4, 0.5) is 5.69 Å². The number of nitriles is 1. The first-order chi connectivity index (χ1) is 14.4. The summed E-state index contributed by atoms with van der Waals surface area (Å²) in [6, 6.07) is 11.9. The van der Waals surface area contributed by atoms with Crippen LogP contribution < -0.4 is 14.8 Å². The Bertz CT molecular complexity index is 1020. The van der Waals surface area contributed by atoms with Crippen molar-refractivity contribution in [3.63, 3.8) is 0 Å². The number of halogens is 2. The highest BCUT2D eigenvalue weighted by Crippen LogP contribution is 2.37. The van der Waals surface area contributed by atoms with E-state index in [2.05, 4.69) is 21.2 Å². The second kappa shape index (κ2) is 11.2. The molecule has 2 rings (SSSR count). The zero-order valence-electron chi connectivity index (χ0n) is 16.2. The van der Waals surface area contributed by atoms with Crippen molar-refractivity contribution in [1.82, 2.24) is 0 Å². The van der Waals surface area contributed by atoms with E-state index < -0.39 is 11.9 Å². The first-order valence-electron chi connectivity index (χ1n) is 8.72. The maximum Gasteiger partial charge on any atom is 0.344 e. The molecule has 0 fully saturated rings. The van der Waals surface area contributed by atoms with Crippen LogP contribution in [0.1, 0.15) is 12.5 Å². The van der Waals surface area contributed by atoms with Crippen molar-refractivity contribution < 1.29 is 23.8 Å². The molecule has 30 heavy (non-hydrogen) atoms. The number of carbonyl (C=O) groups excluding carboxylic acids is 2. The number of esters is 1. The average Bonchev–Trinajstić information content (AvgIpc) is 2.70. The molecule has 0 atom stereocenters. The van der Waals surface area contributed by atoms with Crippen molar-refractivity contribution in [3.05, 3.63) is 57.0 Å². The predicted molar refractivity (Wildman–Crippen MR) is 116 cm³/mol. The number of amides is 1. The van der Waals surface area contributed by atoms with Gasteiger partial charge in [0, 0.05) is 10.2 Å².